The third kappa shape index (κ3) is 2.11. The lowest BCUT2D eigenvalue weighted by molar-refractivity contribution is 0.581. The van der Waals surface area contributed by atoms with Crippen LogP contribution in [0.2, 0.25) is 0 Å². The summed E-state index contributed by atoms with van der Waals surface area (Å²) < 4.78 is 0. The molecular formula is C13H19NS. The number of rotatable bonds is 4. The van der Waals surface area contributed by atoms with E-state index in [4.69, 9.17) is 5.73 Å². The first-order valence-corrected chi connectivity index (χ1v) is 7.01. The van der Waals surface area contributed by atoms with E-state index in [9.17, 15) is 0 Å². The Balaban J connectivity index is 1.63. The van der Waals surface area contributed by atoms with Crippen LogP contribution in [0.1, 0.15) is 53.5 Å². The maximum absolute atomic E-state index is 6.24. The second-order valence-corrected chi connectivity index (χ2v) is 6.25. The maximum atomic E-state index is 6.24. The van der Waals surface area contributed by atoms with Gasteiger partial charge in [0.15, 0.2) is 0 Å². The van der Waals surface area contributed by atoms with E-state index in [1.807, 2.05) is 11.3 Å². The molecule has 82 valence electrons. The maximum Gasteiger partial charge on any atom is 0.0390 e. The molecule has 15 heavy (non-hydrogen) atoms. The number of nitrogens with two attached hydrogens (primary N) is 1. The zero-order valence-electron chi connectivity index (χ0n) is 9.17. The summed E-state index contributed by atoms with van der Waals surface area (Å²) in [4.78, 5) is 3.06. The molecule has 2 aliphatic carbocycles. The van der Waals surface area contributed by atoms with E-state index in [0.29, 0.717) is 6.04 Å². The Morgan fingerprint density at radius 3 is 3.00 bits per heavy atom. The van der Waals surface area contributed by atoms with Crippen LogP contribution in [-0.2, 0) is 12.8 Å². The fraction of sp³-hybridized carbons (Fsp3) is 0.692. The van der Waals surface area contributed by atoms with Crippen LogP contribution in [0.5, 0.6) is 0 Å². The number of hydrogen-bond acceptors (Lipinski definition) is 2. The molecule has 2 N–H and O–H groups in total. The van der Waals surface area contributed by atoms with E-state index in [-0.39, 0.29) is 0 Å². The first kappa shape index (κ1) is 9.86. The second-order valence-electron chi connectivity index (χ2n) is 5.08. The lowest BCUT2D eigenvalue weighted by atomic mass is 10.1. The summed E-state index contributed by atoms with van der Waals surface area (Å²) in [5, 5.41) is 0. The fourth-order valence-corrected chi connectivity index (χ4v) is 3.79. The van der Waals surface area contributed by atoms with Crippen molar-refractivity contribution in [2.75, 3.05) is 0 Å². The van der Waals surface area contributed by atoms with Gasteiger partial charge in [-0.2, -0.15) is 0 Å². The largest absolute Gasteiger partial charge is 0.323 e. The second kappa shape index (κ2) is 3.91. The molecule has 0 aromatic carbocycles. The van der Waals surface area contributed by atoms with Crippen molar-refractivity contribution in [3.63, 3.8) is 0 Å². The molecular weight excluding hydrogens is 202 g/mol. The predicted molar refractivity (Wildman–Crippen MR) is 65.2 cm³/mol. The van der Waals surface area contributed by atoms with Gasteiger partial charge in [0.2, 0.25) is 0 Å². The van der Waals surface area contributed by atoms with E-state index in [0.717, 1.165) is 5.92 Å². The van der Waals surface area contributed by atoms with Gasteiger partial charge in [0.1, 0.15) is 0 Å². The molecule has 1 aromatic heterocycles. The Morgan fingerprint density at radius 1 is 1.40 bits per heavy atom. The summed E-state index contributed by atoms with van der Waals surface area (Å²) in [6, 6.07) is 2.70. The van der Waals surface area contributed by atoms with Crippen molar-refractivity contribution in [2.45, 2.75) is 51.0 Å². The molecule has 1 aromatic rings. The van der Waals surface area contributed by atoms with Crippen molar-refractivity contribution >= 4 is 11.3 Å². The molecule has 0 bridgehead atoms. The van der Waals surface area contributed by atoms with Gasteiger partial charge < -0.3 is 5.73 Å². The zero-order valence-corrected chi connectivity index (χ0v) is 9.98. The Hall–Kier alpha value is -0.340. The topological polar surface area (TPSA) is 26.0 Å². The molecule has 0 aliphatic heterocycles. The SMILES string of the molecule is NC(CCC1CC1)c1cc2c(s1)CCC2. The smallest absolute Gasteiger partial charge is 0.0390 e. The lowest BCUT2D eigenvalue weighted by Crippen LogP contribution is -2.08. The van der Waals surface area contributed by atoms with Crippen LogP contribution in [-0.4, -0.2) is 0 Å². The Kier molecular flexibility index (Phi) is 2.57. The molecule has 2 heteroatoms. The van der Waals surface area contributed by atoms with Gasteiger partial charge >= 0.3 is 0 Å². The van der Waals surface area contributed by atoms with Gasteiger partial charge in [-0.3, -0.25) is 0 Å². The van der Waals surface area contributed by atoms with Crippen molar-refractivity contribution in [3.05, 3.63) is 21.4 Å². The van der Waals surface area contributed by atoms with Gasteiger partial charge in [0, 0.05) is 15.8 Å². The minimum absolute atomic E-state index is 0.321. The molecule has 2 aliphatic rings. The molecule has 1 fully saturated rings. The third-order valence-corrected chi connectivity index (χ3v) is 5.08. The lowest BCUT2D eigenvalue weighted by Gasteiger charge is -2.08. The van der Waals surface area contributed by atoms with Crippen molar-refractivity contribution in [1.82, 2.24) is 0 Å². The van der Waals surface area contributed by atoms with Crippen LogP contribution in [0.3, 0.4) is 0 Å². The van der Waals surface area contributed by atoms with Gasteiger partial charge in [0.25, 0.3) is 0 Å². The van der Waals surface area contributed by atoms with Crippen molar-refractivity contribution in [2.24, 2.45) is 11.7 Å². The molecule has 0 radical (unpaired) electrons. The van der Waals surface area contributed by atoms with E-state index >= 15 is 0 Å². The molecule has 1 nitrogen and oxygen atoms in total. The highest BCUT2D eigenvalue weighted by atomic mass is 32.1. The molecule has 1 heterocycles. The molecule has 1 unspecified atom stereocenters. The van der Waals surface area contributed by atoms with Gasteiger partial charge in [-0.1, -0.05) is 12.8 Å². The van der Waals surface area contributed by atoms with Gasteiger partial charge in [-0.05, 0) is 49.7 Å². The average molecular weight is 221 g/mol. The summed E-state index contributed by atoms with van der Waals surface area (Å²) in [5.74, 6) is 1.02. The van der Waals surface area contributed by atoms with Crippen molar-refractivity contribution in [3.8, 4) is 0 Å². The number of fused-ring (bicyclic) bond motifs is 1. The zero-order chi connectivity index (χ0) is 10.3. The van der Waals surface area contributed by atoms with E-state index < -0.39 is 0 Å². The van der Waals surface area contributed by atoms with Gasteiger partial charge in [-0.25, -0.2) is 0 Å². The molecule has 1 atom stereocenters. The Bertz CT molecular complexity index is 330. The summed E-state index contributed by atoms with van der Waals surface area (Å²) in [6.45, 7) is 0. The van der Waals surface area contributed by atoms with Crippen LogP contribution >= 0.6 is 11.3 Å². The number of thiophene rings is 1. The quantitative estimate of drug-likeness (QED) is 0.828. The van der Waals surface area contributed by atoms with Crippen LogP contribution < -0.4 is 5.73 Å². The van der Waals surface area contributed by atoms with E-state index in [1.54, 1.807) is 10.4 Å². The number of hydrogen-bond donors (Lipinski definition) is 1. The average Bonchev–Trinajstić information content (AvgIpc) is 2.79. The van der Waals surface area contributed by atoms with Crippen molar-refractivity contribution in [1.29, 1.82) is 0 Å². The predicted octanol–water partition coefficient (Wildman–Crippen LogP) is 3.43. The Morgan fingerprint density at radius 2 is 2.27 bits per heavy atom. The van der Waals surface area contributed by atoms with Gasteiger partial charge in [-0.15, -0.1) is 11.3 Å². The van der Waals surface area contributed by atoms with Crippen LogP contribution in [0.25, 0.3) is 0 Å². The van der Waals surface area contributed by atoms with Crippen molar-refractivity contribution < 1.29 is 0 Å². The van der Waals surface area contributed by atoms with E-state index in [1.165, 1.54) is 49.8 Å². The summed E-state index contributed by atoms with van der Waals surface area (Å²) in [5.41, 5.74) is 7.84. The molecule has 0 saturated heterocycles. The summed E-state index contributed by atoms with van der Waals surface area (Å²) >= 11 is 1.98. The first-order chi connectivity index (χ1) is 7.33. The molecule has 0 spiro atoms. The third-order valence-electron chi connectivity index (χ3n) is 3.71. The highest BCUT2D eigenvalue weighted by molar-refractivity contribution is 7.12. The molecule has 1 saturated carbocycles. The molecule has 3 rings (SSSR count). The minimum atomic E-state index is 0.321. The van der Waals surface area contributed by atoms with Crippen LogP contribution in [0.4, 0.5) is 0 Å². The monoisotopic (exact) mass is 221 g/mol. The number of aryl methyl sites for hydroxylation is 2. The highest BCUT2D eigenvalue weighted by Crippen LogP contribution is 2.38. The fourth-order valence-electron chi connectivity index (χ4n) is 2.50. The van der Waals surface area contributed by atoms with Gasteiger partial charge in [0.05, 0.1) is 0 Å². The Labute approximate surface area is 95.7 Å². The van der Waals surface area contributed by atoms with Crippen LogP contribution in [0, 0.1) is 5.92 Å². The molecule has 0 amide bonds. The minimum Gasteiger partial charge on any atom is -0.323 e. The van der Waals surface area contributed by atoms with E-state index in [2.05, 4.69) is 6.07 Å². The highest BCUT2D eigenvalue weighted by Gasteiger charge is 2.23. The normalized spacial score (nSPS) is 21.7. The summed E-state index contributed by atoms with van der Waals surface area (Å²) in [7, 11) is 0. The first-order valence-electron chi connectivity index (χ1n) is 6.20. The summed E-state index contributed by atoms with van der Waals surface area (Å²) in [6.07, 6.45) is 9.41. The van der Waals surface area contributed by atoms with Crippen LogP contribution in [0.15, 0.2) is 6.07 Å². The standard InChI is InChI=1S/C13H19NS/c14-11(7-6-9-4-5-9)13-8-10-2-1-3-12(10)15-13/h8-9,11H,1-7,14H2.